The van der Waals surface area contributed by atoms with Crippen LogP contribution in [0.4, 0.5) is 0 Å². The van der Waals surface area contributed by atoms with Crippen molar-refractivity contribution in [3.8, 4) is 0 Å². The second kappa shape index (κ2) is 5.92. The van der Waals surface area contributed by atoms with Gasteiger partial charge < -0.3 is 9.47 Å². The Bertz CT molecular complexity index is 859. The normalized spacial score (nSPS) is 14.0. The maximum atomic E-state index is 13.0. The molecular formula is C18H24N4O2. The van der Waals surface area contributed by atoms with Gasteiger partial charge in [0.2, 0.25) is 0 Å². The molecule has 1 aliphatic carbocycles. The predicted molar refractivity (Wildman–Crippen MR) is 92.0 cm³/mol. The molecule has 1 saturated carbocycles. The summed E-state index contributed by atoms with van der Waals surface area (Å²) in [6, 6.07) is 3.70. The van der Waals surface area contributed by atoms with E-state index in [0.717, 1.165) is 35.5 Å². The number of pyridine rings is 1. The summed E-state index contributed by atoms with van der Waals surface area (Å²) >= 11 is 0. The molecule has 0 unspecified atom stereocenters. The molecule has 2 aromatic heterocycles. The molecule has 2 aromatic rings. The van der Waals surface area contributed by atoms with Crippen LogP contribution in [0.2, 0.25) is 0 Å². The van der Waals surface area contributed by atoms with Gasteiger partial charge in [0, 0.05) is 43.6 Å². The first-order chi connectivity index (χ1) is 11.3. The van der Waals surface area contributed by atoms with E-state index in [0.29, 0.717) is 6.54 Å². The molecule has 0 spiro atoms. The Labute approximate surface area is 141 Å². The van der Waals surface area contributed by atoms with Crippen molar-refractivity contribution >= 4 is 5.91 Å². The van der Waals surface area contributed by atoms with Gasteiger partial charge in [-0.15, -0.1) is 0 Å². The maximum absolute atomic E-state index is 13.0. The molecule has 24 heavy (non-hydrogen) atoms. The number of hydrogen-bond donors (Lipinski definition) is 0. The third-order valence-electron chi connectivity index (χ3n) is 5.02. The molecule has 0 atom stereocenters. The third kappa shape index (κ3) is 2.77. The number of aryl methyl sites for hydroxylation is 3. The average molecular weight is 328 g/mol. The number of aromatic nitrogens is 3. The number of carbonyl (C=O) groups is 1. The Morgan fingerprint density at radius 3 is 2.46 bits per heavy atom. The topological polar surface area (TPSA) is 60.1 Å². The van der Waals surface area contributed by atoms with Gasteiger partial charge in [-0.2, -0.15) is 5.10 Å². The van der Waals surface area contributed by atoms with Crippen molar-refractivity contribution in [1.29, 1.82) is 0 Å². The van der Waals surface area contributed by atoms with E-state index in [-0.39, 0.29) is 23.1 Å². The van der Waals surface area contributed by atoms with Crippen molar-refractivity contribution in [2.24, 2.45) is 14.1 Å². The van der Waals surface area contributed by atoms with Crippen molar-refractivity contribution < 1.29 is 4.79 Å². The zero-order valence-corrected chi connectivity index (χ0v) is 15.0. The van der Waals surface area contributed by atoms with Crippen LogP contribution in [0.15, 0.2) is 16.9 Å². The molecule has 0 bridgehead atoms. The van der Waals surface area contributed by atoms with Gasteiger partial charge in [-0.25, -0.2) is 0 Å². The number of nitrogens with zero attached hydrogens (tertiary/aromatic N) is 4. The fourth-order valence-electron chi connectivity index (χ4n) is 3.01. The lowest BCUT2D eigenvalue weighted by molar-refractivity contribution is 0.0727. The van der Waals surface area contributed by atoms with Crippen LogP contribution in [0.5, 0.6) is 0 Å². The Balaban J connectivity index is 1.96. The van der Waals surface area contributed by atoms with E-state index < -0.39 is 0 Å². The lowest BCUT2D eigenvalue weighted by Gasteiger charge is -2.23. The van der Waals surface area contributed by atoms with Gasteiger partial charge in [-0.3, -0.25) is 14.3 Å². The fourth-order valence-corrected chi connectivity index (χ4v) is 3.01. The van der Waals surface area contributed by atoms with Gasteiger partial charge in [0.15, 0.2) is 0 Å². The van der Waals surface area contributed by atoms with Gasteiger partial charge in [-0.1, -0.05) is 0 Å². The Hall–Kier alpha value is -2.37. The molecular weight excluding hydrogens is 304 g/mol. The van der Waals surface area contributed by atoms with E-state index in [1.54, 1.807) is 13.1 Å². The summed E-state index contributed by atoms with van der Waals surface area (Å²) in [4.78, 5) is 27.3. The van der Waals surface area contributed by atoms with Crippen molar-refractivity contribution in [1.82, 2.24) is 19.2 Å². The Morgan fingerprint density at radius 2 is 1.92 bits per heavy atom. The Morgan fingerprint density at radius 1 is 1.25 bits per heavy atom. The summed E-state index contributed by atoms with van der Waals surface area (Å²) in [6.45, 7) is 6.33. The van der Waals surface area contributed by atoms with Crippen LogP contribution in [0, 0.1) is 20.8 Å². The summed E-state index contributed by atoms with van der Waals surface area (Å²) < 4.78 is 3.37. The number of amides is 1. The lowest BCUT2D eigenvalue weighted by atomic mass is 10.1. The first-order valence-corrected chi connectivity index (χ1v) is 8.28. The number of rotatable bonds is 4. The molecule has 3 rings (SSSR count). The van der Waals surface area contributed by atoms with Crippen molar-refractivity contribution in [2.45, 2.75) is 46.2 Å². The summed E-state index contributed by atoms with van der Waals surface area (Å²) in [6.07, 6.45) is 1.99. The van der Waals surface area contributed by atoms with Crippen LogP contribution >= 0.6 is 0 Å². The van der Waals surface area contributed by atoms with Crippen LogP contribution < -0.4 is 5.56 Å². The second-order valence-electron chi connectivity index (χ2n) is 6.69. The molecule has 0 saturated heterocycles. The predicted octanol–water partition coefficient (Wildman–Crippen LogP) is 1.85. The minimum atomic E-state index is -0.231. The molecule has 0 N–H and O–H groups in total. The van der Waals surface area contributed by atoms with Crippen molar-refractivity contribution in [3.63, 3.8) is 0 Å². The zero-order chi connectivity index (χ0) is 17.6. The number of carbonyl (C=O) groups excluding carboxylic acids is 1. The highest BCUT2D eigenvalue weighted by Crippen LogP contribution is 2.30. The minimum Gasteiger partial charge on any atom is -0.331 e. The molecule has 1 aliphatic rings. The lowest BCUT2D eigenvalue weighted by Crippen LogP contribution is -2.37. The molecule has 1 amide bonds. The van der Waals surface area contributed by atoms with Gasteiger partial charge in [0.25, 0.3) is 11.5 Å². The molecule has 6 nitrogen and oxygen atoms in total. The van der Waals surface area contributed by atoms with E-state index in [2.05, 4.69) is 5.10 Å². The quantitative estimate of drug-likeness (QED) is 0.860. The molecule has 128 valence electrons. The van der Waals surface area contributed by atoms with Gasteiger partial charge in [0.1, 0.15) is 5.56 Å². The molecule has 0 aliphatic heterocycles. The van der Waals surface area contributed by atoms with Crippen molar-refractivity contribution in [2.75, 3.05) is 0 Å². The monoisotopic (exact) mass is 328 g/mol. The number of hydrogen-bond acceptors (Lipinski definition) is 3. The minimum absolute atomic E-state index is 0.180. The molecule has 0 radical (unpaired) electrons. The van der Waals surface area contributed by atoms with Gasteiger partial charge in [0.05, 0.1) is 5.69 Å². The SMILES string of the molecule is Cc1nn(C)c(C)c1CN(C(=O)c1ccc(C)n(C)c1=O)C1CC1. The van der Waals surface area contributed by atoms with E-state index in [4.69, 9.17) is 0 Å². The maximum Gasteiger partial charge on any atom is 0.263 e. The largest absolute Gasteiger partial charge is 0.331 e. The average Bonchev–Trinajstić information content (AvgIpc) is 3.33. The first kappa shape index (κ1) is 16.5. The third-order valence-corrected chi connectivity index (χ3v) is 5.02. The molecule has 6 heteroatoms. The van der Waals surface area contributed by atoms with Crippen LogP contribution in [0.3, 0.4) is 0 Å². The molecule has 1 fully saturated rings. The van der Waals surface area contributed by atoms with Gasteiger partial charge in [-0.05, 0) is 45.7 Å². The molecule has 0 aromatic carbocycles. The van der Waals surface area contributed by atoms with E-state index in [1.807, 2.05) is 43.5 Å². The molecule has 2 heterocycles. The zero-order valence-electron chi connectivity index (χ0n) is 15.0. The summed E-state index contributed by atoms with van der Waals surface area (Å²) in [5, 5.41) is 4.43. The van der Waals surface area contributed by atoms with Gasteiger partial charge >= 0.3 is 0 Å². The summed E-state index contributed by atoms with van der Waals surface area (Å²) in [7, 11) is 3.61. The van der Waals surface area contributed by atoms with E-state index in [1.165, 1.54) is 4.57 Å². The highest BCUT2D eigenvalue weighted by Gasteiger charge is 2.35. The highest BCUT2D eigenvalue weighted by molar-refractivity contribution is 5.94. The smallest absolute Gasteiger partial charge is 0.263 e. The van der Waals surface area contributed by atoms with Crippen LogP contribution in [-0.2, 0) is 20.6 Å². The van der Waals surface area contributed by atoms with E-state index in [9.17, 15) is 9.59 Å². The fraction of sp³-hybridized carbons (Fsp3) is 0.500. The summed E-state index contributed by atoms with van der Waals surface area (Å²) in [5.74, 6) is -0.180. The summed E-state index contributed by atoms with van der Waals surface area (Å²) in [5.41, 5.74) is 3.92. The van der Waals surface area contributed by atoms with Crippen LogP contribution in [0.25, 0.3) is 0 Å². The van der Waals surface area contributed by atoms with E-state index >= 15 is 0 Å². The highest BCUT2D eigenvalue weighted by atomic mass is 16.2. The Kier molecular flexibility index (Phi) is 4.07. The van der Waals surface area contributed by atoms with Crippen molar-refractivity contribution in [3.05, 3.63) is 50.7 Å². The first-order valence-electron chi connectivity index (χ1n) is 8.28. The van der Waals surface area contributed by atoms with Crippen LogP contribution in [0.1, 0.15) is 45.8 Å². The standard InChI is InChI=1S/C18H24N4O2/c1-11-6-9-15(17(23)20(11)4)18(24)22(14-7-8-14)10-16-12(2)19-21(5)13(16)3/h6,9,14H,7-8,10H2,1-5H3. The second-order valence-corrected chi connectivity index (χ2v) is 6.69. The van der Waals surface area contributed by atoms with Crippen LogP contribution in [-0.4, -0.2) is 31.2 Å².